The number of aryl methyl sites for hydroxylation is 1. The fourth-order valence-electron chi connectivity index (χ4n) is 3.97. The van der Waals surface area contributed by atoms with Crippen molar-refractivity contribution in [3.05, 3.63) is 47.8 Å². The third kappa shape index (κ3) is 3.41. The van der Waals surface area contributed by atoms with Crippen molar-refractivity contribution in [2.24, 2.45) is 0 Å². The van der Waals surface area contributed by atoms with E-state index >= 15 is 0 Å². The van der Waals surface area contributed by atoms with Gasteiger partial charge in [0, 0.05) is 35.8 Å². The van der Waals surface area contributed by atoms with Crippen LogP contribution in [0.1, 0.15) is 62.0 Å². The van der Waals surface area contributed by atoms with Crippen LogP contribution in [0.25, 0.3) is 22.2 Å². The summed E-state index contributed by atoms with van der Waals surface area (Å²) in [6.07, 6.45) is 7.18. The summed E-state index contributed by atoms with van der Waals surface area (Å²) in [5.41, 5.74) is 4.49. The summed E-state index contributed by atoms with van der Waals surface area (Å²) in [7, 11) is 0. The first kappa shape index (κ1) is 18.7. The van der Waals surface area contributed by atoms with Crippen LogP contribution in [0.5, 0.6) is 0 Å². The van der Waals surface area contributed by atoms with Gasteiger partial charge < -0.3 is 4.90 Å². The van der Waals surface area contributed by atoms with Crippen molar-refractivity contribution in [2.45, 2.75) is 59.0 Å². The van der Waals surface area contributed by atoms with Gasteiger partial charge in [0.2, 0.25) is 0 Å². The molecule has 28 heavy (non-hydrogen) atoms. The lowest BCUT2D eigenvalue weighted by atomic mass is 9.99. The molecule has 3 heterocycles. The number of piperidine rings is 1. The largest absolute Gasteiger partial charge is 0.336 e. The van der Waals surface area contributed by atoms with Crippen LogP contribution in [0.2, 0.25) is 0 Å². The molecule has 1 amide bonds. The molecule has 2 aromatic heterocycles. The summed E-state index contributed by atoms with van der Waals surface area (Å²) in [5, 5.41) is 5.37. The number of fused-ring (bicyclic) bond motifs is 1. The van der Waals surface area contributed by atoms with Gasteiger partial charge in [-0.25, -0.2) is 4.98 Å². The van der Waals surface area contributed by atoms with Crippen LogP contribution in [0, 0.1) is 6.92 Å². The van der Waals surface area contributed by atoms with E-state index in [9.17, 15) is 4.79 Å². The zero-order valence-electron chi connectivity index (χ0n) is 17.1. The van der Waals surface area contributed by atoms with Gasteiger partial charge in [-0.05, 0) is 64.7 Å². The second-order valence-corrected chi connectivity index (χ2v) is 8.22. The van der Waals surface area contributed by atoms with Gasteiger partial charge in [-0.15, -0.1) is 0 Å². The second kappa shape index (κ2) is 7.38. The molecule has 0 radical (unpaired) electrons. The second-order valence-electron chi connectivity index (χ2n) is 8.22. The molecule has 1 saturated heterocycles. The number of hydrogen-bond donors (Lipinski definition) is 0. The van der Waals surface area contributed by atoms with Gasteiger partial charge in [-0.2, -0.15) is 5.10 Å². The first-order valence-electron chi connectivity index (χ1n) is 10.2. The fourth-order valence-corrected chi connectivity index (χ4v) is 3.97. The Balaban J connectivity index is 1.85. The molecule has 0 aliphatic carbocycles. The third-order valence-corrected chi connectivity index (χ3v) is 5.69. The number of hydrogen-bond acceptors (Lipinski definition) is 3. The third-order valence-electron chi connectivity index (χ3n) is 5.69. The average Bonchev–Trinajstić information content (AvgIpc) is 3.17. The Morgan fingerprint density at radius 3 is 2.75 bits per heavy atom. The lowest BCUT2D eigenvalue weighted by Crippen LogP contribution is -2.42. The summed E-state index contributed by atoms with van der Waals surface area (Å²) >= 11 is 0. The maximum Gasteiger partial charge on any atom is 0.254 e. The standard InChI is InChI=1S/C23H28N4O/c1-15(2)27-14-18(13-24-27)21-12-20(19-9-8-16(3)11-22(19)25-21)23(28)26-10-6-5-7-17(26)4/h8-9,11-15,17H,5-7,10H2,1-4H3/t17-/m0/s1. The summed E-state index contributed by atoms with van der Waals surface area (Å²) in [5.74, 6) is 0.112. The first-order valence-corrected chi connectivity index (χ1v) is 10.2. The van der Waals surface area contributed by atoms with Crippen LogP contribution in [0.15, 0.2) is 36.7 Å². The van der Waals surface area contributed by atoms with Crippen LogP contribution in [-0.4, -0.2) is 38.2 Å². The van der Waals surface area contributed by atoms with E-state index in [-0.39, 0.29) is 18.0 Å². The zero-order chi connectivity index (χ0) is 19.8. The molecule has 4 rings (SSSR count). The van der Waals surface area contributed by atoms with Gasteiger partial charge >= 0.3 is 0 Å². The van der Waals surface area contributed by atoms with Crippen molar-refractivity contribution in [1.82, 2.24) is 19.7 Å². The van der Waals surface area contributed by atoms with Crippen LogP contribution in [0.4, 0.5) is 0 Å². The maximum atomic E-state index is 13.5. The molecule has 3 aromatic rings. The highest BCUT2D eigenvalue weighted by Crippen LogP contribution is 2.28. The molecule has 146 valence electrons. The molecule has 1 atom stereocenters. The summed E-state index contributed by atoms with van der Waals surface area (Å²) < 4.78 is 1.92. The predicted molar refractivity (Wildman–Crippen MR) is 112 cm³/mol. The number of rotatable bonds is 3. The maximum absolute atomic E-state index is 13.5. The van der Waals surface area contributed by atoms with Crippen molar-refractivity contribution < 1.29 is 4.79 Å². The lowest BCUT2D eigenvalue weighted by Gasteiger charge is -2.33. The molecular weight excluding hydrogens is 348 g/mol. The van der Waals surface area contributed by atoms with E-state index in [1.165, 1.54) is 6.42 Å². The van der Waals surface area contributed by atoms with Gasteiger partial charge in [0.25, 0.3) is 5.91 Å². The minimum Gasteiger partial charge on any atom is -0.336 e. The minimum absolute atomic E-state index is 0.112. The Morgan fingerprint density at radius 2 is 2.04 bits per heavy atom. The predicted octanol–water partition coefficient (Wildman–Crippen LogP) is 5.00. The Kier molecular flexibility index (Phi) is 4.92. The van der Waals surface area contributed by atoms with Crippen molar-refractivity contribution in [3.8, 4) is 11.3 Å². The smallest absolute Gasteiger partial charge is 0.254 e. The Hall–Kier alpha value is -2.69. The van der Waals surface area contributed by atoms with Crippen molar-refractivity contribution in [2.75, 3.05) is 6.54 Å². The first-order chi connectivity index (χ1) is 13.4. The van der Waals surface area contributed by atoms with Crippen LogP contribution in [-0.2, 0) is 0 Å². The molecule has 0 saturated carbocycles. The highest BCUT2D eigenvalue weighted by atomic mass is 16.2. The SMILES string of the molecule is Cc1ccc2c(C(=O)N3CCCC[C@@H]3C)cc(-c3cnn(C(C)C)c3)nc2c1. The summed E-state index contributed by atoms with van der Waals surface area (Å²) in [4.78, 5) is 20.4. The molecule has 0 N–H and O–H groups in total. The zero-order valence-corrected chi connectivity index (χ0v) is 17.1. The molecule has 1 aliphatic rings. The molecule has 0 bridgehead atoms. The molecule has 1 fully saturated rings. The molecular formula is C23H28N4O. The Morgan fingerprint density at radius 1 is 1.21 bits per heavy atom. The van der Waals surface area contributed by atoms with E-state index in [1.807, 2.05) is 34.1 Å². The average molecular weight is 377 g/mol. The molecule has 0 unspecified atom stereocenters. The van der Waals surface area contributed by atoms with Crippen molar-refractivity contribution in [1.29, 1.82) is 0 Å². The number of amides is 1. The molecule has 5 heteroatoms. The quantitative estimate of drug-likeness (QED) is 0.646. The molecule has 0 spiro atoms. The normalized spacial score (nSPS) is 17.5. The van der Waals surface area contributed by atoms with Gasteiger partial charge in [0.15, 0.2) is 0 Å². The summed E-state index contributed by atoms with van der Waals surface area (Å²) in [6.45, 7) is 9.23. The van der Waals surface area contributed by atoms with Crippen LogP contribution >= 0.6 is 0 Å². The number of nitrogens with zero attached hydrogens (tertiary/aromatic N) is 4. The van der Waals surface area contributed by atoms with Crippen LogP contribution in [0.3, 0.4) is 0 Å². The molecule has 1 aliphatic heterocycles. The number of carbonyl (C=O) groups is 1. The Bertz CT molecular complexity index is 1020. The monoisotopic (exact) mass is 376 g/mol. The number of benzene rings is 1. The number of likely N-dealkylation sites (tertiary alicyclic amines) is 1. The number of aromatic nitrogens is 3. The van der Waals surface area contributed by atoms with Gasteiger partial charge in [0.1, 0.15) is 0 Å². The van der Waals surface area contributed by atoms with E-state index < -0.39 is 0 Å². The fraction of sp³-hybridized carbons (Fsp3) is 0.435. The lowest BCUT2D eigenvalue weighted by molar-refractivity contribution is 0.0637. The number of carbonyl (C=O) groups excluding carboxylic acids is 1. The van der Waals surface area contributed by atoms with E-state index in [1.54, 1.807) is 0 Å². The van der Waals surface area contributed by atoms with E-state index in [2.05, 4.69) is 44.9 Å². The molecule has 1 aromatic carbocycles. The van der Waals surface area contributed by atoms with Gasteiger partial charge in [-0.1, -0.05) is 12.1 Å². The van der Waals surface area contributed by atoms with Gasteiger partial charge in [-0.3, -0.25) is 9.48 Å². The van der Waals surface area contributed by atoms with E-state index in [0.717, 1.165) is 52.7 Å². The minimum atomic E-state index is 0.112. The van der Waals surface area contributed by atoms with Crippen molar-refractivity contribution in [3.63, 3.8) is 0 Å². The van der Waals surface area contributed by atoms with E-state index in [0.29, 0.717) is 0 Å². The topological polar surface area (TPSA) is 51.0 Å². The van der Waals surface area contributed by atoms with Crippen molar-refractivity contribution >= 4 is 16.8 Å². The highest BCUT2D eigenvalue weighted by molar-refractivity contribution is 6.07. The van der Waals surface area contributed by atoms with E-state index in [4.69, 9.17) is 4.98 Å². The summed E-state index contributed by atoms with van der Waals surface area (Å²) in [6, 6.07) is 8.65. The van der Waals surface area contributed by atoms with Gasteiger partial charge in [0.05, 0.1) is 23.0 Å². The highest BCUT2D eigenvalue weighted by Gasteiger charge is 2.26. The van der Waals surface area contributed by atoms with Crippen LogP contribution < -0.4 is 0 Å². The number of pyridine rings is 1. The molecule has 5 nitrogen and oxygen atoms in total. The Labute approximate surface area is 166 Å².